The van der Waals surface area contributed by atoms with Gasteiger partial charge >= 0.3 is 0 Å². The Kier molecular flexibility index (Phi) is 26.5. The Morgan fingerprint density at radius 3 is 1.26 bits per heavy atom. The first-order valence-electron chi connectivity index (χ1n) is 20.5. The first-order valence-corrected chi connectivity index (χ1v) is 25.5. The summed E-state index contributed by atoms with van der Waals surface area (Å²) in [5.41, 5.74) is 1.18. The molecule has 276 valence electrons. The third kappa shape index (κ3) is 18.8. The largest absolute Gasteiger partial charge is 0.497 e. The quantitative estimate of drug-likeness (QED) is 0.0543. The van der Waals surface area contributed by atoms with Crippen molar-refractivity contribution < 1.29 is 18.3 Å². The predicted octanol–water partition coefficient (Wildman–Crippen LogP) is 13.6. The van der Waals surface area contributed by atoms with E-state index >= 15 is 0 Å². The van der Waals surface area contributed by atoms with Crippen LogP contribution in [0.2, 0.25) is 36.3 Å². The van der Waals surface area contributed by atoms with Crippen LogP contribution in [-0.2, 0) is 20.2 Å². The van der Waals surface area contributed by atoms with Crippen molar-refractivity contribution in [2.75, 3.05) is 13.7 Å². The van der Waals surface area contributed by atoms with Crippen molar-refractivity contribution >= 4 is 16.6 Å². The van der Waals surface area contributed by atoms with Crippen LogP contribution < -0.4 is 4.74 Å². The number of hydrogen-bond donors (Lipinski definition) is 0. The van der Waals surface area contributed by atoms with Gasteiger partial charge in [-0.3, -0.25) is 0 Å². The molecule has 0 radical (unpaired) electrons. The fraction of sp³-hybridized carbons (Fsp3) is 0.854. The zero-order chi connectivity index (χ0) is 34.6. The summed E-state index contributed by atoms with van der Waals surface area (Å²) < 4.78 is 26.3. The Bertz CT molecular complexity index is 809. The van der Waals surface area contributed by atoms with Gasteiger partial charge < -0.3 is 18.3 Å². The molecule has 0 aromatic heterocycles. The van der Waals surface area contributed by atoms with Crippen molar-refractivity contribution in [1.82, 2.24) is 0 Å². The molecule has 0 aliphatic heterocycles. The molecule has 0 heterocycles. The molecule has 0 amide bonds. The van der Waals surface area contributed by atoms with Gasteiger partial charge in [-0.2, -0.15) is 0 Å². The van der Waals surface area contributed by atoms with Crippen molar-refractivity contribution in [3.05, 3.63) is 29.8 Å². The molecule has 0 aliphatic carbocycles. The minimum absolute atomic E-state index is 0.126. The van der Waals surface area contributed by atoms with E-state index in [-0.39, 0.29) is 12.2 Å². The van der Waals surface area contributed by atoms with Crippen LogP contribution in [0.25, 0.3) is 0 Å². The molecular weight excluding hydrogens is 613 g/mol. The van der Waals surface area contributed by atoms with Gasteiger partial charge in [-0.15, -0.1) is 0 Å². The van der Waals surface area contributed by atoms with Gasteiger partial charge in [0, 0.05) is 6.61 Å². The summed E-state index contributed by atoms with van der Waals surface area (Å²) in [6.07, 6.45) is 23.3. The molecule has 0 unspecified atom stereocenters. The molecule has 0 N–H and O–H groups in total. The van der Waals surface area contributed by atoms with Crippen LogP contribution in [0, 0.1) is 0 Å². The summed E-state index contributed by atoms with van der Waals surface area (Å²) in [7, 11) is -1.88. The molecule has 0 spiro atoms. The summed E-state index contributed by atoms with van der Waals surface area (Å²) in [4.78, 5) is 0. The van der Waals surface area contributed by atoms with E-state index in [1.54, 1.807) is 7.11 Å². The lowest BCUT2D eigenvalue weighted by atomic mass is 10.0. The maximum absolute atomic E-state index is 7.35. The van der Waals surface area contributed by atoms with E-state index in [1.807, 2.05) is 12.1 Å². The van der Waals surface area contributed by atoms with E-state index in [1.165, 1.54) is 138 Å². The van der Waals surface area contributed by atoms with Gasteiger partial charge in [0.2, 0.25) is 0 Å². The van der Waals surface area contributed by atoms with Crippen molar-refractivity contribution in [2.24, 2.45) is 0 Å². The molecule has 47 heavy (non-hydrogen) atoms. The number of methoxy groups -OCH3 is 1. The highest BCUT2D eigenvalue weighted by Crippen LogP contribution is 2.32. The Labute approximate surface area is 296 Å². The second kappa shape index (κ2) is 28.1. The number of benzene rings is 1. The summed E-state index contributed by atoms with van der Waals surface area (Å²) in [6.45, 7) is 17.8. The van der Waals surface area contributed by atoms with E-state index in [0.29, 0.717) is 13.2 Å². The van der Waals surface area contributed by atoms with Crippen molar-refractivity contribution in [3.63, 3.8) is 0 Å². The highest BCUT2D eigenvalue weighted by Gasteiger charge is 2.39. The zero-order valence-electron chi connectivity index (χ0n) is 32.8. The normalized spacial score (nSPS) is 13.6. The SMILES string of the molecule is CCCCCCCCCCCCCCCCC[C@H](O[Si](CC)(CC)CC)[C@H](CCOCc1ccc(OC)cc1)O[Si](CC)(CC)CC. The van der Waals surface area contributed by atoms with Crippen LogP contribution >= 0.6 is 0 Å². The molecule has 4 nitrogen and oxygen atoms in total. The lowest BCUT2D eigenvalue weighted by Crippen LogP contribution is -2.49. The zero-order valence-corrected chi connectivity index (χ0v) is 34.8. The van der Waals surface area contributed by atoms with Gasteiger partial charge in [-0.25, -0.2) is 0 Å². The Balaban J connectivity index is 2.73. The second-order valence-electron chi connectivity index (χ2n) is 14.2. The lowest BCUT2D eigenvalue weighted by molar-refractivity contribution is 0.00402. The smallest absolute Gasteiger partial charge is 0.192 e. The Morgan fingerprint density at radius 1 is 0.489 bits per heavy atom. The van der Waals surface area contributed by atoms with Crippen molar-refractivity contribution in [2.45, 2.75) is 213 Å². The minimum Gasteiger partial charge on any atom is -0.497 e. The fourth-order valence-corrected chi connectivity index (χ4v) is 12.9. The maximum Gasteiger partial charge on any atom is 0.192 e. The predicted molar refractivity (Wildman–Crippen MR) is 211 cm³/mol. The van der Waals surface area contributed by atoms with Gasteiger partial charge in [-0.1, -0.05) is 157 Å². The highest BCUT2D eigenvalue weighted by molar-refractivity contribution is 6.74. The summed E-state index contributed by atoms with van der Waals surface area (Å²) in [5, 5.41) is 0. The monoisotopic (exact) mass is 693 g/mol. The van der Waals surface area contributed by atoms with Gasteiger partial charge in [0.05, 0.1) is 25.9 Å². The van der Waals surface area contributed by atoms with Crippen molar-refractivity contribution in [3.8, 4) is 5.75 Å². The Hall–Kier alpha value is -0.666. The third-order valence-electron chi connectivity index (χ3n) is 11.2. The molecule has 1 rings (SSSR count). The number of unbranched alkanes of at least 4 members (excludes halogenated alkanes) is 14. The number of rotatable bonds is 33. The molecule has 0 saturated heterocycles. The molecule has 0 saturated carbocycles. The van der Waals surface area contributed by atoms with Crippen LogP contribution in [0.1, 0.15) is 163 Å². The number of ether oxygens (including phenoxy) is 2. The van der Waals surface area contributed by atoms with Gasteiger partial charge in [0.25, 0.3) is 0 Å². The second-order valence-corrected chi connectivity index (χ2v) is 23.7. The average Bonchev–Trinajstić information content (AvgIpc) is 3.11. The van der Waals surface area contributed by atoms with Crippen LogP contribution in [-0.4, -0.2) is 42.6 Å². The van der Waals surface area contributed by atoms with E-state index < -0.39 is 16.6 Å². The fourth-order valence-electron chi connectivity index (χ4n) is 7.11. The van der Waals surface area contributed by atoms with E-state index in [0.717, 1.165) is 18.6 Å². The van der Waals surface area contributed by atoms with Crippen LogP contribution in [0.5, 0.6) is 5.75 Å². The van der Waals surface area contributed by atoms with E-state index in [2.05, 4.69) is 60.6 Å². The van der Waals surface area contributed by atoms with E-state index in [9.17, 15) is 0 Å². The standard InChI is InChI=1S/C41H80O4Si2/c1-9-16-17-18-19-20-21-22-23-24-25-26-27-28-29-30-40(44-46(10-2,11-3)12-4)41(45-47(13-5,14-6)15-7)35-36-43-37-38-31-33-39(42-8)34-32-38/h31-34,40-41H,9-30,35-37H2,1-8H3/t40-,41-/m0/s1. The molecule has 1 aromatic rings. The van der Waals surface area contributed by atoms with E-state index in [4.69, 9.17) is 18.3 Å². The van der Waals surface area contributed by atoms with Gasteiger partial charge in [-0.05, 0) is 66.8 Å². The summed E-state index contributed by atoms with van der Waals surface area (Å²) >= 11 is 0. The molecule has 0 aliphatic rings. The molecule has 0 fully saturated rings. The topological polar surface area (TPSA) is 36.9 Å². The Morgan fingerprint density at radius 2 is 0.872 bits per heavy atom. The van der Waals surface area contributed by atoms with Gasteiger partial charge in [0.1, 0.15) is 5.75 Å². The van der Waals surface area contributed by atoms with Crippen LogP contribution in [0.3, 0.4) is 0 Å². The maximum atomic E-state index is 7.35. The molecule has 6 heteroatoms. The molecule has 1 aromatic carbocycles. The first kappa shape index (κ1) is 44.4. The number of hydrogen-bond acceptors (Lipinski definition) is 4. The molecular formula is C41H80O4Si2. The lowest BCUT2D eigenvalue weighted by Gasteiger charge is -2.41. The average molecular weight is 693 g/mol. The van der Waals surface area contributed by atoms with Gasteiger partial charge in [0.15, 0.2) is 16.6 Å². The van der Waals surface area contributed by atoms with Crippen LogP contribution in [0.4, 0.5) is 0 Å². The minimum atomic E-state index is -1.81. The summed E-state index contributed by atoms with van der Waals surface area (Å²) in [5.74, 6) is 0.886. The van der Waals surface area contributed by atoms with Crippen LogP contribution in [0.15, 0.2) is 24.3 Å². The molecule has 0 bridgehead atoms. The highest BCUT2D eigenvalue weighted by atomic mass is 28.4. The molecule has 2 atom stereocenters. The third-order valence-corrected chi connectivity index (χ3v) is 20.5. The summed E-state index contributed by atoms with van der Waals surface area (Å²) in [6, 6.07) is 15.3. The first-order chi connectivity index (χ1) is 22.9. The van der Waals surface area contributed by atoms with Crippen molar-refractivity contribution in [1.29, 1.82) is 0 Å².